The van der Waals surface area contributed by atoms with Crippen LogP contribution in [0.15, 0.2) is 112 Å². The molecule has 4 aromatic carbocycles. The molecule has 7 rings (SSSR count). The summed E-state index contributed by atoms with van der Waals surface area (Å²) in [7, 11) is 0. The topological polar surface area (TPSA) is 57.8 Å². The lowest BCUT2D eigenvalue weighted by Gasteiger charge is -2.40. The van der Waals surface area contributed by atoms with Crippen LogP contribution >= 0.6 is 39.1 Å². The summed E-state index contributed by atoms with van der Waals surface area (Å²) in [4.78, 5) is 12.5. The average Bonchev–Trinajstić information content (AvgIpc) is 3.28. The predicted molar refractivity (Wildman–Crippen MR) is 167 cm³/mol. The molecule has 1 unspecified atom stereocenters. The number of aromatic nitrogens is 2. The predicted octanol–water partition coefficient (Wildman–Crippen LogP) is 9.05. The van der Waals surface area contributed by atoms with E-state index in [2.05, 4.69) is 50.4 Å². The van der Waals surface area contributed by atoms with Crippen LogP contribution in [0.4, 0.5) is 22.9 Å². The average molecular weight is 628 g/mol. The van der Waals surface area contributed by atoms with Gasteiger partial charge in [0.2, 0.25) is 0 Å². The third-order valence-electron chi connectivity index (χ3n) is 6.93. The molecule has 6 nitrogen and oxygen atoms in total. The van der Waals surface area contributed by atoms with Crippen molar-refractivity contribution in [3.05, 3.63) is 128 Å². The number of aryl methyl sites for hydroxylation is 1. The van der Waals surface area contributed by atoms with E-state index in [0.29, 0.717) is 21.7 Å². The van der Waals surface area contributed by atoms with Crippen molar-refractivity contribution in [1.82, 2.24) is 9.78 Å². The summed E-state index contributed by atoms with van der Waals surface area (Å²) in [5.74, 6) is 2.02. The Hall–Kier alpha value is -3.91. The molecule has 0 radical (unpaired) electrons. The molecule has 0 spiro atoms. The maximum absolute atomic E-state index is 6.34. The van der Waals surface area contributed by atoms with Crippen LogP contribution < -0.4 is 10.2 Å². The molecule has 9 heteroatoms. The SMILES string of the molecule is Cc1nn(-c2ccccc2)c2c1C(c1cccc(Br)c1)N1C(=N2)C(Nc2cc(Cl)cc(Cl)c2)=Nc2ccccc21. The highest BCUT2D eigenvalue weighted by Crippen LogP contribution is 2.48. The van der Waals surface area contributed by atoms with E-state index in [9.17, 15) is 0 Å². The van der Waals surface area contributed by atoms with E-state index in [4.69, 9.17) is 38.3 Å². The van der Waals surface area contributed by atoms with Crippen molar-refractivity contribution in [2.75, 3.05) is 10.2 Å². The third kappa shape index (κ3) is 4.31. The number of benzene rings is 4. The molecule has 0 fully saturated rings. The summed E-state index contributed by atoms with van der Waals surface area (Å²) >= 11 is 16.4. The second kappa shape index (κ2) is 9.93. The number of aliphatic imine (C=N–C) groups is 2. The molecule has 1 aromatic heterocycles. The van der Waals surface area contributed by atoms with Crippen LogP contribution in [0.1, 0.15) is 22.9 Å². The Morgan fingerprint density at radius 2 is 1.57 bits per heavy atom. The molecular weight excluding hydrogens is 607 g/mol. The van der Waals surface area contributed by atoms with E-state index in [1.807, 2.05) is 78.3 Å². The van der Waals surface area contributed by atoms with Crippen LogP contribution in [0.5, 0.6) is 0 Å². The lowest BCUT2D eigenvalue weighted by molar-refractivity contribution is 0.815. The van der Waals surface area contributed by atoms with Gasteiger partial charge in [0.05, 0.1) is 28.8 Å². The molecule has 3 heterocycles. The van der Waals surface area contributed by atoms with Gasteiger partial charge in [-0.25, -0.2) is 14.7 Å². The highest BCUT2D eigenvalue weighted by atomic mass is 79.9. The summed E-state index contributed by atoms with van der Waals surface area (Å²) in [6.07, 6.45) is 0. The van der Waals surface area contributed by atoms with Crippen molar-refractivity contribution in [2.45, 2.75) is 13.0 Å². The van der Waals surface area contributed by atoms with Crippen molar-refractivity contribution >= 4 is 73.7 Å². The minimum atomic E-state index is -0.214. The number of para-hydroxylation sites is 3. The van der Waals surface area contributed by atoms with E-state index in [1.165, 1.54) is 0 Å². The van der Waals surface area contributed by atoms with Gasteiger partial charge in [-0.05, 0) is 67.1 Å². The zero-order chi connectivity index (χ0) is 27.4. The van der Waals surface area contributed by atoms with Gasteiger partial charge in [0.25, 0.3) is 0 Å². The van der Waals surface area contributed by atoms with E-state index in [-0.39, 0.29) is 6.04 Å². The summed E-state index contributed by atoms with van der Waals surface area (Å²) < 4.78 is 2.91. The molecular formula is C31H21BrCl2N6. The lowest BCUT2D eigenvalue weighted by atomic mass is 9.93. The molecule has 0 saturated carbocycles. The molecule has 2 aliphatic rings. The van der Waals surface area contributed by atoms with Gasteiger partial charge >= 0.3 is 0 Å². The van der Waals surface area contributed by atoms with Gasteiger partial charge in [-0.2, -0.15) is 5.10 Å². The number of halogens is 3. The molecule has 0 aliphatic carbocycles. The van der Waals surface area contributed by atoms with Crippen molar-refractivity contribution in [3.8, 4) is 5.69 Å². The quantitative estimate of drug-likeness (QED) is 0.217. The fourth-order valence-electron chi connectivity index (χ4n) is 5.30. The zero-order valence-electron chi connectivity index (χ0n) is 21.2. The zero-order valence-corrected chi connectivity index (χ0v) is 24.3. The summed E-state index contributed by atoms with van der Waals surface area (Å²) in [6, 6.07) is 31.7. The van der Waals surface area contributed by atoms with Gasteiger partial charge in [0.15, 0.2) is 17.5 Å². The summed E-state index contributed by atoms with van der Waals surface area (Å²) in [6.45, 7) is 2.04. The number of nitrogens with zero attached hydrogens (tertiary/aromatic N) is 5. The Kier molecular flexibility index (Phi) is 6.23. The molecule has 40 heavy (non-hydrogen) atoms. The first kappa shape index (κ1) is 25.1. The van der Waals surface area contributed by atoms with Crippen LogP contribution in [0.3, 0.4) is 0 Å². The molecule has 2 aliphatic heterocycles. The van der Waals surface area contributed by atoms with E-state index < -0.39 is 0 Å². The minimum Gasteiger partial charge on any atom is -0.337 e. The first-order valence-corrected chi connectivity index (χ1v) is 14.2. The van der Waals surface area contributed by atoms with Crippen LogP contribution in [-0.2, 0) is 0 Å². The number of anilines is 2. The number of hydrogen-bond donors (Lipinski definition) is 1. The van der Waals surface area contributed by atoms with Gasteiger partial charge in [-0.1, -0.05) is 81.6 Å². The molecule has 0 bridgehead atoms. The molecule has 1 N–H and O–H groups in total. The monoisotopic (exact) mass is 626 g/mol. The number of rotatable bonds is 3. The minimum absolute atomic E-state index is 0.214. The van der Waals surface area contributed by atoms with Gasteiger partial charge in [-0.3, -0.25) is 0 Å². The Bertz CT molecular complexity index is 1830. The molecule has 0 saturated heterocycles. The first-order valence-electron chi connectivity index (χ1n) is 12.7. The Balaban J connectivity index is 1.50. The van der Waals surface area contributed by atoms with Gasteiger partial charge < -0.3 is 10.2 Å². The van der Waals surface area contributed by atoms with Crippen LogP contribution in [0.2, 0.25) is 10.0 Å². The molecule has 1 atom stereocenters. The molecule has 0 amide bonds. The van der Waals surface area contributed by atoms with Gasteiger partial charge in [0, 0.05) is 25.8 Å². The highest BCUT2D eigenvalue weighted by Gasteiger charge is 2.41. The Morgan fingerprint density at radius 1 is 0.825 bits per heavy atom. The molecule has 196 valence electrons. The fraction of sp³-hybridized carbons (Fsp3) is 0.0645. The van der Waals surface area contributed by atoms with E-state index in [1.54, 1.807) is 6.07 Å². The number of fused-ring (bicyclic) bond motifs is 4. The maximum atomic E-state index is 6.34. The number of amidine groups is 2. The van der Waals surface area contributed by atoms with Crippen molar-refractivity contribution in [2.24, 2.45) is 9.98 Å². The summed E-state index contributed by atoms with van der Waals surface area (Å²) in [5, 5.41) is 9.49. The standard InChI is InChI=1S/C31H21BrCl2N6/c1-18-27-28(19-8-7-9-20(32)14-19)39-26-13-6-5-12-25(26)36-29(35-23-16-21(33)15-22(34)17-23)31(39)37-30(27)40(38-18)24-10-3-2-4-11-24/h2-17,28H,1H3,(H,35,36). The number of nitrogens with one attached hydrogen (secondary N) is 1. The van der Waals surface area contributed by atoms with E-state index >= 15 is 0 Å². The summed E-state index contributed by atoms with van der Waals surface area (Å²) in [5.41, 5.74) is 6.47. The molecule has 5 aromatic rings. The van der Waals surface area contributed by atoms with Crippen LogP contribution in [0, 0.1) is 6.92 Å². The van der Waals surface area contributed by atoms with E-state index in [0.717, 1.165) is 49.9 Å². The smallest absolute Gasteiger partial charge is 0.179 e. The van der Waals surface area contributed by atoms with Gasteiger partial charge in [0.1, 0.15) is 0 Å². The van der Waals surface area contributed by atoms with Crippen LogP contribution in [0.25, 0.3) is 5.69 Å². The lowest BCUT2D eigenvalue weighted by Crippen LogP contribution is -2.46. The van der Waals surface area contributed by atoms with Gasteiger partial charge in [-0.15, -0.1) is 0 Å². The normalized spacial score (nSPS) is 15.5. The van der Waals surface area contributed by atoms with Crippen molar-refractivity contribution in [3.63, 3.8) is 0 Å². The second-order valence-corrected chi connectivity index (χ2v) is 11.4. The van der Waals surface area contributed by atoms with Crippen molar-refractivity contribution < 1.29 is 0 Å². The Labute approximate surface area is 249 Å². The van der Waals surface area contributed by atoms with Crippen molar-refractivity contribution in [1.29, 1.82) is 0 Å². The Morgan fingerprint density at radius 3 is 2.35 bits per heavy atom. The third-order valence-corrected chi connectivity index (χ3v) is 7.86. The maximum Gasteiger partial charge on any atom is 0.179 e. The fourth-order valence-corrected chi connectivity index (χ4v) is 6.24. The highest BCUT2D eigenvalue weighted by molar-refractivity contribution is 9.10. The second-order valence-electron chi connectivity index (χ2n) is 9.57. The number of hydrogen-bond acceptors (Lipinski definition) is 5. The largest absolute Gasteiger partial charge is 0.337 e. The first-order chi connectivity index (χ1) is 19.5. The van der Waals surface area contributed by atoms with Crippen LogP contribution in [-0.4, -0.2) is 21.5 Å².